The Labute approximate surface area is 285 Å². The molecule has 3 aliphatic heterocycles. The minimum Gasteiger partial charge on any atom is -0.468 e. The smallest absolute Gasteiger partial charge is 0.410 e. The normalized spacial score (nSPS) is 30.5. The number of likely N-dealkylation sites (tertiary alicyclic amines) is 1. The maximum atomic E-state index is 14.4. The Kier molecular flexibility index (Phi) is 12.2. The second-order valence-electron chi connectivity index (χ2n) is 16.9. The number of rotatable bonds is 8. The van der Waals surface area contributed by atoms with Gasteiger partial charge in [-0.3, -0.25) is 14.5 Å². The van der Waals surface area contributed by atoms with Crippen molar-refractivity contribution in [3.05, 3.63) is 12.2 Å². The van der Waals surface area contributed by atoms with Gasteiger partial charge in [0, 0.05) is 56.0 Å². The van der Waals surface area contributed by atoms with E-state index in [2.05, 4.69) is 62.8 Å². The summed E-state index contributed by atoms with van der Waals surface area (Å²) in [6, 6.07) is 0.112. The zero-order chi connectivity index (χ0) is 34.6. The average Bonchev–Trinajstić information content (AvgIpc) is 3.25. The van der Waals surface area contributed by atoms with E-state index in [1.54, 1.807) is 0 Å². The van der Waals surface area contributed by atoms with Gasteiger partial charge < -0.3 is 18.8 Å². The van der Waals surface area contributed by atoms with Crippen molar-refractivity contribution in [1.82, 2.24) is 9.80 Å². The van der Waals surface area contributed by atoms with E-state index in [0.717, 1.165) is 58.1 Å². The molecule has 0 radical (unpaired) electrons. The Morgan fingerprint density at radius 2 is 1.77 bits per heavy atom. The van der Waals surface area contributed by atoms with Gasteiger partial charge in [0.15, 0.2) is 14.1 Å². The van der Waals surface area contributed by atoms with Crippen molar-refractivity contribution in [2.45, 2.75) is 142 Å². The average molecular weight is 671 g/mol. The fourth-order valence-electron chi connectivity index (χ4n) is 8.29. The maximum Gasteiger partial charge on any atom is 0.410 e. The van der Waals surface area contributed by atoms with E-state index < -0.39 is 31.2 Å². The Morgan fingerprint density at radius 1 is 1.04 bits per heavy atom. The number of amides is 1. The number of Topliss-reactive ketones (excluding diaryl/α,β-unsaturated/α-hetero) is 1. The van der Waals surface area contributed by atoms with E-state index in [1.807, 2.05) is 25.7 Å². The number of carbonyl (C=O) groups is 3. The van der Waals surface area contributed by atoms with Crippen LogP contribution in [0.3, 0.4) is 0 Å². The third-order valence-electron chi connectivity index (χ3n) is 11.5. The highest BCUT2D eigenvalue weighted by molar-refractivity contribution is 6.74. The summed E-state index contributed by atoms with van der Waals surface area (Å²) in [7, 11) is -0.344. The van der Waals surface area contributed by atoms with E-state index in [0.29, 0.717) is 32.4 Å². The first-order valence-electron chi connectivity index (χ1n) is 18.1. The molecular weight excluding hydrogens is 609 g/mol. The fourth-order valence-corrected chi connectivity index (χ4v) is 9.38. The standard InChI is InChI=1S/C38H62N2O6Si/c1-36(2,3)46-35(43)39-24-22-30-31(34(42)44-7)32(41)29(21-17-12-10-11-15-19-25-45-47(8,9)37(4,5)6)33-38(30,27-39)26-28-20-16-13-14-18-23-40(28)33/h16,20,28-31,33H,11,13-15,17-19,21-27H2,1-9H3/b20-16-/t28-,29?,30-,31-,33-,38-/m0/s1. The quantitative estimate of drug-likeness (QED) is 0.0666. The molecule has 0 aromatic heterocycles. The van der Waals surface area contributed by atoms with Crippen molar-refractivity contribution in [1.29, 1.82) is 0 Å². The lowest BCUT2D eigenvalue weighted by Gasteiger charge is -2.57. The molecule has 4 rings (SSSR count). The molecule has 0 bridgehead atoms. The summed E-state index contributed by atoms with van der Waals surface area (Å²) < 4.78 is 17.5. The maximum absolute atomic E-state index is 14.4. The van der Waals surface area contributed by atoms with E-state index in [9.17, 15) is 14.4 Å². The SMILES string of the molecule is COC(=O)[C@@H]1C(=O)C(CCC#CCCCCO[Si](C)(C)C(C)(C)C)[C@@H]2N3CCCC/C=C\[C@H]3C[C@@]23CN(C(=O)OC(C)(C)C)CC[C@@H]13. The molecule has 1 aliphatic carbocycles. The van der Waals surface area contributed by atoms with Crippen molar-refractivity contribution in [2.24, 2.45) is 23.2 Å². The highest BCUT2D eigenvalue weighted by Gasteiger charge is 2.67. The van der Waals surface area contributed by atoms with Gasteiger partial charge in [0.1, 0.15) is 11.5 Å². The molecule has 1 amide bonds. The zero-order valence-corrected chi connectivity index (χ0v) is 31.8. The summed E-state index contributed by atoms with van der Waals surface area (Å²) in [5, 5.41) is 0.211. The number of ether oxygens (including phenoxy) is 2. The molecule has 8 nitrogen and oxygen atoms in total. The third-order valence-corrected chi connectivity index (χ3v) is 16.1. The van der Waals surface area contributed by atoms with Crippen LogP contribution in [-0.4, -0.2) is 87.0 Å². The van der Waals surface area contributed by atoms with Gasteiger partial charge in [-0.25, -0.2) is 4.79 Å². The third kappa shape index (κ3) is 8.54. The molecule has 0 aromatic rings. The van der Waals surface area contributed by atoms with E-state index in [-0.39, 0.29) is 40.8 Å². The summed E-state index contributed by atoms with van der Waals surface area (Å²) in [6.45, 7) is 19.7. The highest BCUT2D eigenvalue weighted by Crippen LogP contribution is 2.59. The van der Waals surface area contributed by atoms with Crippen molar-refractivity contribution in [2.75, 3.05) is 33.4 Å². The molecule has 3 fully saturated rings. The molecule has 264 valence electrons. The number of carbonyl (C=O) groups excluding carboxylic acids is 3. The number of nitrogens with zero attached hydrogens (tertiary/aromatic N) is 2. The molecule has 47 heavy (non-hydrogen) atoms. The van der Waals surface area contributed by atoms with Crippen molar-refractivity contribution >= 4 is 26.2 Å². The summed E-state index contributed by atoms with van der Waals surface area (Å²) >= 11 is 0. The molecule has 0 aromatic carbocycles. The first-order chi connectivity index (χ1) is 22.0. The summed E-state index contributed by atoms with van der Waals surface area (Å²) in [4.78, 5) is 45.7. The Morgan fingerprint density at radius 3 is 2.45 bits per heavy atom. The van der Waals surface area contributed by atoms with Gasteiger partial charge in [-0.2, -0.15) is 0 Å². The van der Waals surface area contributed by atoms with Crippen LogP contribution in [0.25, 0.3) is 0 Å². The molecule has 4 aliphatic rings. The highest BCUT2D eigenvalue weighted by atomic mass is 28.4. The second-order valence-corrected chi connectivity index (χ2v) is 21.7. The zero-order valence-electron chi connectivity index (χ0n) is 30.8. The molecule has 6 atom stereocenters. The van der Waals surface area contributed by atoms with Crippen LogP contribution in [-0.2, 0) is 23.5 Å². The van der Waals surface area contributed by atoms with Crippen LogP contribution in [0.2, 0.25) is 18.1 Å². The number of allylic oxidation sites excluding steroid dienone is 1. The van der Waals surface area contributed by atoms with E-state index >= 15 is 0 Å². The minimum atomic E-state index is -1.73. The molecule has 3 heterocycles. The van der Waals surface area contributed by atoms with Gasteiger partial charge in [0.05, 0.1) is 7.11 Å². The number of methoxy groups -OCH3 is 1. The van der Waals surface area contributed by atoms with Crippen LogP contribution < -0.4 is 0 Å². The Hall–Kier alpha value is -2.15. The van der Waals surface area contributed by atoms with Crippen LogP contribution in [0.5, 0.6) is 0 Å². The summed E-state index contributed by atoms with van der Waals surface area (Å²) in [5.41, 5.74) is -1.02. The molecular formula is C38H62N2O6Si. The van der Waals surface area contributed by atoms with Crippen LogP contribution in [0.4, 0.5) is 4.79 Å². The molecule has 9 heteroatoms. The topological polar surface area (TPSA) is 85.4 Å². The summed E-state index contributed by atoms with van der Waals surface area (Å²) in [6.07, 6.45) is 12.9. The molecule has 1 saturated carbocycles. The van der Waals surface area contributed by atoms with Gasteiger partial charge >= 0.3 is 12.1 Å². The lowest BCUT2D eigenvalue weighted by atomic mass is 9.52. The lowest BCUT2D eigenvalue weighted by Crippen LogP contribution is -2.66. The first-order valence-corrected chi connectivity index (χ1v) is 21.0. The molecule has 2 saturated heterocycles. The minimum absolute atomic E-state index is 0.00413. The lowest BCUT2D eigenvalue weighted by molar-refractivity contribution is -0.168. The number of hydrogen-bond donors (Lipinski definition) is 0. The fraction of sp³-hybridized carbons (Fsp3) is 0.816. The number of fused-ring (bicyclic) bond motifs is 2. The number of unbranched alkanes of at least 4 members (excludes halogenated alkanes) is 2. The van der Waals surface area contributed by atoms with Crippen LogP contribution >= 0.6 is 0 Å². The predicted octanol–water partition coefficient (Wildman–Crippen LogP) is 7.38. The van der Waals surface area contributed by atoms with Crippen molar-refractivity contribution in [3.63, 3.8) is 0 Å². The number of hydrogen-bond acceptors (Lipinski definition) is 7. The molecule has 1 spiro atoms. The molecule has 1 unspecified atom stereocenters. The monoisotopic (exact) mass is 670 g/mol. The van der Waals surface area contributed by atoms with Gasteiger partial charge in [0.25, 0.3) is 0 Å². The van der Waals surface area contributed by atoms with Gasteiger partial charge in [-0.05, 0) is 103 Å². The van der Waals surface area contributed by atoms with E-state index in [1.165, 1.54) is 7.11 Å². The summed E-state index contributed by atoms with van der Waals surface area (Å²) in [5.74, 6) is 4.95. The van der Waals surface area contributed by atoms with E-state index in [4.69, 9.17) is 13.9 Å². The van der Waals surface area contributed by atoms with Crippen LogP contribution in [0.1, 0.15) is 106 Å². The first kappa shape index (κ1) is 37.7. The molecule has 0 N–H and O–H groups in total. The van der Waals surface area contributed by atoms with Gasteiger partial charge in [0.2, 0.25) is 0 Å². The van der Waals surface area contributed by atoms with Gasteiger partial charge in [-0.15, -0.1) is 11.8 Å². The Balaban J connectivity index is 1.54. The number of esters is 1. The predicted molar refractivity (Wildman–Crippen MR) is 188 cm³/mol. The van der Waals surface area contributed by atoms with Crippen molar-refractivity contribution < 1.29 is 28.3 Å². The second kappa shape index (κ2) is 15.2. The largest absolute Gasteiger partial charge is 0.468 e. The number of ketones is 1. The van der Waals surface area contributed by atoms with Crippen LogP contribution in [0, 0.1) is 35.0 Å². The van der Waals surface area contributed by atoms with Crippen LogP contribution in [0.15, 0.2) is 12.2 Å². The number of piperidine rings is 1. The van der Waals surface area contributed by atoms with Crippen molar-refractivity contribution in [3.8, 4) is 11.8 Å². The Bertz CT molecular complexity index is 1220. The van der Waals surface area contributed by atoms with Gasteiger partial charge in [-0.1, -0.05) is 32.9 Å².